The number of carbonyl (C=O) groups excluding carboxylic acids is 1. The summed E-state index contributed by atoms with van der Waals surface area (Å²) >= 11 is 0. The summed E-state index contributed by atoms with van der Waals surface area (Å²) in [6.07, 6.45) is -0.318. The maximum atomic E-state index is 12.3. The number of carbonyl (C=O) groups is 1. The molecule has 1 fully saturated rings. The summed E-state index contributed by atoms with van der Waals surface area (Å²) in [5.74, 6) is 0. The zero-order valence-corrected chi connectivity index (χ0v) is 16.4. The lowest BCUT2D eigenvalue weighted by Gasteiger charge is -2.38. The van der Waals surface area contributed by atoms with Gasteiger partial charge >= 0.3 is 6.09 Å². The average molecular weight is 332 g/mol. The Morgan fingerprint density at radius 2 is 1.77 bits per heavy atom. The van der Waals surface area contributed by atoms with Crippen LogP contribution in [-0.4, -0.2) is 55.3 Å². The van der Waals surface area contributed by atoms with E-state index in [0.717, 1.165) is 0 Å². The Labute approximate surface area is 136 Å². The molecular formula is C16H33NO4Si. The van der Waals surface area contributed by atoms with Gasteiger partial charge in [-0.15, -0.1) is 0 Å². The quantitative estimate of drug-likeness (QED) is 0.806. The van der Waals surface area contributed by atoms with Gasteiger partial charge in [-0.1, -0.05) is 20.8 Å². The molecule has 1 heterocycles. The molecule has 0 aliphatic carbocycles. The third-order valence-corrected chi connectivity index (χ3v) is 8.96. The van der Waals surface area contributed by atoms with E-state index in [1.54, 1.807) is 4.90 Å². The molecule has 0 bridgehead atoms. The number of amides is 1. The molecule has 6 heteroatoms. The average Bonchev–Trinajstić information content (AvgIpc) is 2.64. The highest BCUT2D eigenvalue weighted by atomic mass is 28.4. The fourth-order valence-electron chi connectivity index (χ4n) is 2.12. The van der Waals surface area contributed by atoms with Gasteiger partial charge in [0.1, 0.15) is 5.60 Å². The van der Waals surface area contributed by atoms with Crippen molar-refractivity contribution in [2.45, 2.75) is 83.8 Å². The van der Waals surface area contributed by atoms with Crippen molar-refractivity contribution in [3.63, 3.8) is 0 Å². The molecule has 130 valence electrons. The minimum absolute atomic E-state index is 0.112. The number of rotatable bonds is 3. The minimum atomic E-state index is -1.87. The van der Waals surface area contributed by atoms with Crippen molar-refractivity contribution in [1.29, 1.82) is 0 Å². The first-order valence-electron chi connectivity index (χ1n) is 8.04. The van der Waals surface area contributed by atoms with Crippen LogP contribution in [0.3, 0.4) is 0 Å². The van der Waals surface area contributed by atoms with Crippen molar-refractivity contribution in [2.24, 2.45) is 0 Å². The van der Waals surface area contributed by atoms with Gasteiger partial charge in [0.2, 0.25) is 0 Å². The zero-order chi connectivity index (χ0) is 17.3. The summed E-state index contributed by atoms with van der Waals surface area (Å²) < 4.78 is 11.6. The summed E-state index contributed by atoms with van der Waals surface area (Å²) in [7, 11) is -1.87. The molecule has 0 spiro atoms. The number of hydrogen-bond donors (Lipinski definition) is 1. The molecule has 1 amide bonds. The molecule has 0 saturated carbocycles. The second-order valence-electron chi connectivity index (χ2n) is 8.75. The van der Waals surface area contributed by atoms with Crippen LogP contribution in [0, 0.1) is 0 Å². The van der Waals surface area contributed by atoms with E-state index in [2.05, 4.69) is 33.9 Å². The molecule has 1 saturated heterocycles. The maximum absolute atomic E-state index is 12.3. The molecule has 1 aliphatic heterocycles. The van der Waals surface area contributed by atoms with Crippen molar-refractivity contribution < 1.29 is 19.1 Å². The Hall–Kier alpha value is -0.593. The van der Waals surface area contributed by atoms with E-state index in [1.807, 2.05) is 20.8 Å². The number of nitrogens with zero attached hydrogens (tertiary/aromatic N) is 1. The largest absolute Gasteiger partial charge is 0.444 e. The van der Waals surface area contributed by atoms with Crippen LogP contribution >= 0.6 is 0 Å². The Balaban J connectivity index is 2.70. The van der Waals surface area contributed by atoms with Crippen molar-refractivity contribution in [1.82, 2.24) is 4.90 Å². The van der Waals surface area contributed by atoms with E-state index >= 15 is 0 Å². The van der Waals surface area contributed by atoms with Crippen LogP contribution in [0.4, 0.5) is 4.79 Å². The van der Waals surface area contributed by atoms with E-state index in [0.29, 0.717) is 19.6 Å². The Kier molecular flexibility index (Phi) is 5.74. The molecule has 0 aromatic carbocycles. The highest BCUT2D eigenvalue weighted by molar-refractivity contribution is 6.74. The van der Waals surface area contributed by atoms with Crippen molar-refractivity contribution in [3.8, 4) is 0 Å². The molecule has 5 nitrogen and oxygen atoms in total. The van der Waals surface area contributed by atoms with Crippen LogP contribution < -0.4 is 0 Å². The van der Waals surface area contributed by atoms with Gasteiger partial charge < -0.3 is 19.2 Å². The molecule has 0 radical (unpaired) electrons. The van der Waals surface area contributed by atoms with Crippen LogP contribution in [-0.2, 0) is 9.16 Å². The fourth-order valence-corrected chi connectivity index (χ4v) is 3.16. The Morgan fingerprint density at radius 1 is 1.23 bits per heavy atom. The summed E-state index contributed by atoms with van der Waals surface area (Å²) in [6.45, 7) is 17.3. The second-order valence-corrected chi connectivity index (χ2v) is 13.6. The number of likely N-dealkylation sites (tertiary alicyclic amines) is 1. The highest BCUT2D eigenvalue weighted by Crippen LogP contribution is 2.37. The van der Waals surface area contributed by atoms with E-state index in [-0.39, 0.29) is 17.2 Å². The Bertz CT molecular complexity index is 398. The van der Waals surface area contributed by atoms with Crippen LogP contribution in [0.1, 0.15) is 48.0 Å². The fraction of sp³-hybridized carbons (Fsp3) is 0.938. The molecule has 2 atom stereocenters. The minimum Gasteiger partial charge on any atom is -0.444 e. The van der Waals surface area contributed by atoms with Gasteiger partial charge in [-0.25, -0.2) is 4.79 Å². The van der Waals surface area contributed by atoms with Crippen LogP contribution in [0.15, 0.2) is 0 Å². The number of β-amino-alcohol motifs (C(OH)–C–C–N with tert-alkyl or cyclic N) is 1. The van der Waals surface area contributed by atoms with E-state index in [9.17, 15) is 9.90 Å². The third kappa shape index (κ3) is 5.24. The molecule has 1 rings (SSSR count). The summed E-state index contributed by atoms with van der Waals surface area (Å²) in [6, 6.07) is -0.112. The van der Waals surface area contributed by atoms with Crippen LogP contribution in [0.25, 0.3) is 0 Å². The predicted octanol–water partition coefficient (Wildman–Crippen LogP) is 3.38. The number of aliphatic hydroxyl groups is 1. The summed E-state index contributed by atoms with van der Waals surface area (Å²) in [5, 5.41) is 10.0. The molecule has 22 heavy (non-hydrogen) atoms. The third-order valence-electron chi connectivity index (χ3n) is 4.46. The van der Waals surface area contributed by atoms with Gasteiger partial charge in [0.15, 0.2) is 8.32 Å². The van der Waals surface area contributed by atoms with Gasteiger partial charge in [0, 0.05) is 0 Å². The number of aliphatic hydroxyl groups excluding tert-OH is 1. The second kappa shape index (κ2) is 6.49. The molecule has 1 aliphatic rings. The maximum Gasteiger partial charge on any atom is 0.410 e. The van der Waals surface area contributed by atoms with Gasteiger partial charge in [-0.05, 0) is 45.3 Å². The van der Waals surface area contributed by atoms with Gasteiger partial charge in [-0.2, -0.15) is 0 Å². The first kappa shape index (κ1) is 19.5. The molecular weight excluding hydrogens is 298 g/mol. The van der Waals surface area contributed by atoms with E-state index in [4.69, 9.17) is 9.16 Å². The van der Waals surface area contributed by atoms with Gasteiger partial charge in [0.25, 0.3) is 0 Å². The zero-order valence-electron chi connectivity index (χ0n) is 15.4. The monoisotopic (exact) mass is 331 g/mol. The lowest BCUT2D eigenvalue weighted by molar-refractivity contribution is 0.0168. The van der Waals surface area contributed by atoms with Crippen LogP contribution in [0.2, 0.25) is 18.1 Å². The lowest BCUT2D eigenvalue weighted by atomic mass is 10.2. The van der Waals surface area contributed by atoms with Crippen molar-refractivity contribution >= 4 is 14.4 Å². The molecule has 1 N–H and O–H groups in total. The van der Waals surface area contributed by atoms with E-state index in [1.165, 1.54) is 0 Å². The van der Waals surface area contributed by atoms with Gasteiger partial charge in [-0.3, -0.25) is 0 Å². The topological polar surface area (TPSA) is 59.0 Å². The molecule has 0 aromatic rings. The molecule has 1 unspecified atom stereocenters. The van der Waals surface area contributed by atoms with Crippen molar-refractivity contribution in [3.05, 3.63) is 0 Å². The smallest absolute Gasteiger partial charge is 0.410 e. The normalized spacial score (nSPS) is 23.8. The summed E-state index contributed by atoms with van der Waals surface area (Å²) in [5.41, 5.74) is -0.532. The SMILES string of the molecule is CC(C)(C)OC(=O)N1CC(O)C[C@H]1CO[Si](C)(C)C(C)(C)C. The summed E-state index contributed by atoms with van der Waals surface area (Å²) in [4.78, 5) is 13.9. The van der Waals surface area contributed by atoms with Crippen molar-refractivity contribution in [2.75, 3.05) is 13.2 Å². The van der Waals surface area contributed by atoms with Gasteiger partial charge in [0.05, 0.1) is 25.3 Å². The van der Waals surface area contributed by atoms with Crippen LogP contribution in [0.5, 0.6) is 0 Å². The number of hydrogen-bond acceptors (Lipinski definition) is 4. The number of ether oxygens (including phenoxy) is 1. The first-order chi connectivity index (χ1) is 9.73. The predicted molar refractivity (Wildman–Crippen MR) is 90.5 cm³/mol. The lowest BCUT2D eigenvalue weighted by Crippen LogP contribution is -2.46. The highest BCUT2D eigenvalue weighted by Gasteiger charge is 2.41. The Morgan fingerprint density at radius 3 is 2.23 bits per heavy atom. The molecule has 0 aromatic heterocycles. The first-order valence-corrected chi connectivity index (χ1v) is 11.0. The van der Waals surface area contributed by atoms with E-state index < -0.39 is 20.0 Å². The standard InChI is InChI=1S/C16H33NO4Si/c1-15(2,3)21-14(19)17-10-13(18)9-12(17)11-20-22(7,8)16(4,5)6/h12-13,18H,9-11H2,1-8H3/t12-,13?/m0/s1.